The van der Waals surface area contributed by atoms with Gasteiger partial charge in [-0.05, 0) is 86.0 Å². The lowest BCUT2D eigenvalue weighted by atomic mass is 10.0. The molecule has 0 fully saturated rings. The van der Waals surface area contributed by atoms with Gasteiger partial charge in [0.1, 0.15) is 11.4 Å². The van der Waals surface area contributed by atoms with Crippen molar-refractivity contribution in [3.05, 3.63) is 94.1 Å². The van der Waals surface area contributed by atoms with E-state index in [1.807, 2.05) is 57.2 Å². The molecule has 0 aliphatic carbocycles. The Labute approximate surface area is 192 Å². The minimum Gasteiger partial charge on any atom is -0.494 e. The highest BCUT2D eigenvalue weighted by Crippen LogP contribution is 2.35. The van der Waals surface area contributed by atoms with E-state index in [4.69, 9.17) is 16.3 Å². The Balaban J connectivity index is 1.77. The van der Waals surface area contributed by atoms with Gasteiger partial charge in [-0.25, -0.2) is 4.90 Å². The van der Waals surface area contributed by atoms with Crippen molar-refractivity contribution >= 4 is 40.4 Å². The molecule has 1 N–H and O–H groups in total. The monoisotopic (exact) mass is 446 g/mol. The average molecular weight is 447 g/mol. The van der Waals surface area contributed by atoms with Crippen LogP contribution >= 0.6 is 11.6 Å². The first-order valence-electron chi connectivity index (χ1n) is 10.3. The molecule has 1 aliphatic rings. The van der Waals surface area contributed by atoms with E-state index < -0.39 is 5.91 Å². The predicted molar refractivity (Wildman–Crippen MR) is 128 cm³/mol. The predicted octanol–water partition coefficient (Wildman–Crippen LogP) is 5.75. The van der Waals surface area contributed by atoms with Gasteiger partial charge in [-0.3, -0.25) is 9.59 Å². The third-order valence-electron chi connectivity index (χ3n) is 5.40. The second-order valence-electron chi connectivity index (χ2n) is 7.55. The minimum atomic E-state index is -0.405. The maximum Gasteiger partial charge on any atom is 0.282 e. The third-order valence-corrected chi connectivity index (χ3v) is 5.65. The zero-order valence-electron chi connectivity index (χ0n) is 18.1. The lowest BCUT2D eigenvalue weighted by molar-refractivity contribution is -0.120. The van der Waals surface area contributed by atoms with Gasteiger partial charge in [0, 0.05) is 10.7 Å². The number of aryl methyl sites for hydroxylation is 2. The SMILES string of the molecule is CCOc1ccc(NC2=C(c3ccc(Cl)cc3)C(=O)N(c3ccc(C)c(C)c3)C2=O)cc1. The standard InChI is InChI=1S/C26H23ClN2O3/c1-4-32-22-13-10-20(11-14-22)28-24-23(18-6-8-19(27)9-7-18)25(30)29(26(24)31)21-12-5-16(2)17(3)15-21/h5-15,28H,4H2,1-3H3. The summed E-state index contributed by atoms with van der Waals surface area (Å²) in [7, 11) is 0. The van der Waals surface area contributed by atoms with E-state index in [1.165, 1.54) is 4.90 Å². The first kappa shape index (κ1) is 21.7. The van der Waals surface area contributed by atoms with E-state index >= 15 is 0 Å². The van der Waals surface area contributed by atoms with E-state index in [0.717, 1.165) is 16.9 Å². The van der Waals surface area contributed by atoms with Crippen LogP contribution in [0, 0.1) is 13.8 Å². The fourth-order valence-electron chi connectivity index (χ4n) is 3.57. The minimum absolute atomic E-state index is 0.222. The summed E-state index contributed by atoms with van der Waals surface area (Å²) < 4.78 is 5.48. The van der Waals surface area contributed by atoms with Crippen molar-refractivity contribution in [2.45, 2.75) is 20.8 Å². The smallest absolute Gasteiger partial charge is 0.282 e. The zero-order valence-corrected chi connectivity index (χ0v) is 18.9. The van der Waals surface area contributed by atoms with E-state index in [2.05, 4.69) is 5.32 Å². The quantitative estimate of drug-likeness (QED) is 0.489. The Bertz CT molecular complexity index is 1210. The normalized spacial score (nSPS) is 13.7. The maximum atomic E-state index is 13.5. The number of ether oxygens (including phenoxy) is 1. The number of hydrogen-bond donors (Lipinski definition) is 1. The molecule has 6 heteroatoms. The molecule has 0 saturated carbocycles. The number of rotatable bonds is 6. The fraction of sp³-hybridized carbons (Fsp3) is 0.154. The molecule has 0 radical (unpaired) electrons. The topological polar surface area (TPSA) is 58.6 Å². The molecule has 0 atom stereocenters. The number of hydrogen-bond acceptors (Lipinski definition) is 4. The summed E-state index contributed by atoms with van der Waals surface area (Å²) in [4.78, 5) is 28.2. The number of carbonyl (C=O) groups excluding carboxylic acids is 2. The molecule has 3 aromatic rings. The Hall–Kier alpha value is -3.57. The number of carbonyl (C=O) groups is 2. The van der Waals surface area contributed by atoms with Crippen LogP contribution in [0.5, 0.6) is 5.75 Å². The van der Waals surface area contributed by atoms with Gasteiger partial charge in [-0.1, -0.05) is 29.8 Å². The molecule has 0 spiro atoms. The summed E-state index contributed by atoms with van der Waals surface area (Å²) in [6.07, 6.45) is 0. The molecule has 1 heterocycles. The summed E-state index contributed by atoms with van der Waals surface area (Å²) in [5, 5.41) is 3.71. The third kappa shape index (κ3) is 4.12. The molecular formula is C26H23ClN2O3. The van der Waals surface area contributed by atoms with Gasteiger partial charge < -0.3 is 10.1 Å². The summed E-state index contributed by atoms with van der Waals surface area (Å²) >= 11 is 6.04. The van der Waals surface area contributed by atoms with Crippen LogP contribution in [0.3, 0.4) is 0 Å². The highest BCUT2D eigenvalue weighted by molar-refractivity contribution is 6.46. The number of amides is 2. The van der Waals surface area contributed by atoms with Crippen molar-refractivity contribution in [3.63, 3.8) is 0 Å². The van der Waals surface area contributed by atoms with Gasteiger partial charge in [0.15, 0.2) is 0 Å². The fourth-order valence-corrected chi connectivity index (χ4v) is 3.70. The van der Waals surface area contributed by atoms with Gasteiger partial charge in [-0.2, -0.15) is 0 Å². The largest absolute Gasteiger partial charge is 0.494 e. The number of nitrogens with one attached hydrogen (secondary N) is 1. The highest BCUT2D eigenvalue weighted by atomic mass is 35.5. The summed E-state index contributed by atoms with van der Waals surface area (Å²) in [6, 6.07) is 19.7. The van der Waals surface area contributed by atoms with Crippen molar-refractivity contribution in [2.75, 3.05) is 16.8 Å². The van der Waals surface area contributed by atoms with E-state index in [1.54, 1.807) is 30.3 Å². The number of halogens is 1. The lowest BCUT2D eigenvalue weighted by Gasteiger charge is -2.17. The van der Waals surface area contributed by atoms with Gasteiger partial charge in [0.05, 0.1) is 17.9 Å². The van der Waals surface area contributed by atoms with Crippen molar-refractivity contribution in [3.8, 4) is 5.75 Å². The molecule has 4 rings (SSSR count). The molecule has 0 saturated heterocycles. The van der Waals surface area contributed by atoms with Crippen LogP contribution in [0.15, 0.2) is 72.4 Å². The molecular weight excluding hydrogens is 424 g/mol. The van der Waals surface area contributed by atoms with Gasteiger partial charge in [0.2, 0.25) is 0 Å². The molecule has 32 heavy (non-hydrogen) atoms. The number of benzene rings is 3. The Morgan fingerprint density at radius 1 is 0.875 bits per heavy atom. The van der Waals surface area contributed by atoms with Crippen molar-refractivity contribution in [1.82, 2.24) is 0 Å². The van der Waals surface area contributed by atoms with Crippen molar-refractivity contribution in [2.24, 2.45) is 0 Å². The van der Waals surface area contributed by atoms with Gasteiger partial charge in [0.25, 0.3) is 11.8 Å². The van der Waals surface area contributed by atoms with Crippen LogP contribution in [-0.4, -0.2) is 18.4 Å². The Kier molecular flexibility index (Phi) is 6.01. The van der Waals surface area contributed by atoms with Crippen LogP contribution in [0.25, 0.3) is 5.57 Å². The number of nitrogens with zero attached hydrogens (tertiary/aromatic N) is 1. The second-order valence-corrected chi connectivity index (χ2v) is 7.99. The number of anilines is 2. The highest BCUT2D eigenvalue weighted by Gasteiger charge is 2.40. The molecule has 2 amide bonds. The molecule has 1 aliphatic heterocycles. The number of imide groups is 1. The van der Waals surface area contributed by atoms with Crippen LogP contribution in [0.2, 0.25) is 5.02 Å². The van der Waals surface area contributed by atoms with Crippen LogP contribution in [-0.2, 0) is 9.59 Å². The summed E-state index contributed by atoms with van der Waals surface area (Å²) in [6.45, 7) is 6.43. The van der Waals surface area contributed by atoms with E-state index in [0.29, 0.717) is 34.1 Å². The maximum absolute atomic E-state index is 13.5. The van der Waals surface area contributed by atoms with Crippen LogP contribution in [0.4, 0.5) is 11.4 Å². The molecule has 0 bridgehead atoms. The zero-order chi connectivity index (χ0) is 22.8. The average Bonchev–Trinajstić information content (AvgIpc) is 3.02. The van der Waals surface area contributed by atoms with Crippen molar-refractivity contribution in [1.29, 1.82) is 0 Å². The summed E-state index contributed by atoms with van der Waals surface area (Å²) in [5.74, 6) is -0.0540. The molecule has 162 valence electrons. The van der Waals surface area contributed by atoms with E-state index in [-0.39, 0.29) is 11.6 Å². The first-order valence-corrected chi connectivity index (χ1v) is 10.7. The molecule has 0 unspecified atom stereocenters. The molecule has 5 nitrogen and oxygen atoms in total. The van der Waals surface area contributed by atoms with Crippen molar-refractivity contribution < 1.29 is 14.3 Å². The Morgan fingerprint density at radius 2 is 1.56 bits per heavy atom. The first-order chi connectivity index (χ1) is 15.4. The van der Waals surface area contributed by atoms with Gasteiger partial charge >= 0.3 is 0 Å². The molecule has 0 aromatic heterocycles. The Morgan fingerprint density at radius 3 is 2.19 bits per heavy atom. The molecule has 3 aromatic carbocycles. The van der Waals surface area contributed by atoms with Crippen LogP contribution in [0.1, 0.15) is 23.6 Å². The van der Waals surface area contributed by atoms with Crippen LogP contribution < -0.4 is 15.0 Å². The van der Waals surface area contributed by atoms with Gasteiger partial charge in [-0.15, -0.1) is 0 Å². The lowest BCUT2D eigenvalue weighted by Crippen LogP contribution is -2.32. The summed E-state index contributed by atoms with van der Waals surface area (Å²) in [5.41, 5.74) is 4.46. The second kappa shape index (κ2) is 8.89. The van der Waals surface area contributed by atoms with E-state index in [9.17, 15) is 9.59 Å².